The smallest absolute Gasteiger partial charge is 0.127 e. The summed E-state index contributed by atoms with van der Waals surface area (Å²) in [5.41, 5.74) is 2.37. The Morgan fingerprint density at radius 2 is 1.71 bits per heavy atom. The maximum Gasteiger partial charge on any atom is 0.127 e. The van der Waals surface area contributed by atoms with Gasteiger partial charge in [-0.25, -0.2) is 0 Å². The van der Waals surface area contributed by atoms with Gasteiger partial charge in [-0.3, -0.25) is 0 Å². The summed E-state index contributed by atoms with van der Waals surface area (Å²) in [4.78, 5) is 0. The van der Waals surface area contributed by atoms with Crippen molar-refractivity contribution >= 4 is 11.6 Å². The van der Waals surface area contributed by atoms with Crippen molar-refractivity contribution in [2.45, 2.75) is 23.6 Å². The van der Waals surface area contributed by atoms with Crippen LogP contribution in [0.25, 0.3) is 0 Å². The Kier molecular flexibility index (Phi) is 3.81. The fourth-order valence-corrected chi connectivity index (χ4v) is 3.44. The van der Waals surface area contributed by atoms with E-state index in [0.29, 0.717) is 0 Å². The molecule has 1 fully saturated rings. The van der Waals surface area contributed by atoms with Crippen LogP contribution in [0, 0.1) is 0 Å². The molecule has 110 valence electrons. The van der Waals surface area contributed by atoms with Gasteiger partial charge in [-0.1, -0.05) is 36.4 Å². The first-order chi connectivity index (χ1) is 10.2. The average Bonchev–Trinajstić information content (AvgIpc) is 3.36. The molecule has 1 saturated carbocycles. The highest BCUT2D eigenvalue weighted by molar-refractivity contribution is 6.22. The molecule has 2 aromatic carbocycles. The average molecular weight is 303 g/mol. The van der Waals surface area contributed by atoms with E-state index in [1.54, 1.807) is 14.2 Å². The van der Waals surface area contributed by atoms with Gasteiger partial charge < -0.3 is 9.47 Å². The van der Waals surface area contributed by atoms with Crippen molar-refractivity contribution in [3.05, 3.63) is 59.7 Å². The molecule has 0 aliphatic heterocycles. The van der Waals surface area contributed by atoms with Gasteiger partial charge in [0.15, 0.2) is 0 Å². The number of benzene rings is 2. The van der Waals surface area contributed by atoms with Gasteiger partial charge in [0.25, 0.3) is 0 Å². The number of rotatable bonds is 5. The molecule has 21 heavy (non-hydrogen) atoms. The lowest BCUT2D eigenvalue weighted by Crippen LogP contribution is -2.14. The fraction of sp³-hybridized carbons (Fsp3) is 0.333. The molecule has 3 heteroatoms. The van der Waals surface area contributed by atoms with Crippen LogP contribution >= 0.6 is 11.6 Å². The molecule has 0 heterocycles. The van der Waals surface area contributed by atoms with Crippen molar-refractivity contribution in [2.24, 2.45) is 0 Å². The van der Waals surface area contributed by atoms with Crippen LogP contribution in [-0.2, 0) is 5.41 Å². The molecular weight excluding hydrogens is 284 g/mol. The highest BCUT2D eigenvalue weighted by Gasteiger charge is 2.51. The molecule has 3 rings (SSSR count). The minimum absolute atomic E-state index is 0.0324. The molecule has 1 atom stereocenters. The van der Waals surface area contributed by atoms with Gasteiger partial charge in [0.05, 0.1) is 19.6 Å². The Bertz CT molecular complexity index is 620. The van der Waals surface area contributed by atoms with E-state index in [1.165, 1.54) is 5.56 Å². The summed E-state index contributed by atoms with van der Waals surface area (Å²) in [6.45, 7) is 0. The van der Waals surface area contributed by atoms with Crippen LogP contribution in [0.4, 0.5) is 0 Å². The molecule has 0 spiro atoms. The Labute approximate surface area is 130 Å². The van der Waals surface area contributed by atoms with Crippen LogP contribution in [-0.4, -0.2) is 14.2 Å². The van der Waals surface area contributed by atoms with Gasteiger partial charge in [-0.15, -0.1) is 11.6 Å². The number of hydrogen-bond acceptors (Lipinski definition) is 2. The van der Waals surface area contributed by atoms with E-state index >= 15 is 0 Å². The van der Waals surface area contributed by atoms with Gasteiger partial charge in [0, 0.05) is 17.0 Å². The number of halogens is 1. The zero-order chi connectivity index (χ0) is 14.9. The molecular formula is C18H19ClO2. The fourth-order valence-electron chi connectivity index (χ4n) is 2.92. The molecule has 2 nitrogen and oxygen atoms in total. The second kappa shape index (κ2) is 5.61. The summed E-state index contributed by atoms with van der Waals surface area (Å²) in [6.07, 6.45) is 2.22. The van der Waals surface area contributed by atoms with Gasteiger partial charge in [-0.2, -0.15) is 0 Å². The molecule has 0 N–H and O–H groups in total. The predicted octanol–water partition coefficient (Wildman–Crippen LogP) is 4.72. The van der Waals surface area contributed by atoms with E-state index in [0.717, 1.165) is 29.9 Å². The first-order valence-corrected chi connectivity index (χ1v) is 7.56. The Hall–Kier alpha value is -1.67. The third-order valence-corrected chi connectivity index (χ3v) is 4.99. The van der Waals surface area contributed by atoms with E-state index in [-0.39, 0.29) is 10.8 Å². The van der Waals surface area contributed by atoms with Gasteiger partial charge >= 0.3 is 0 Å². The van der Waals surface area contributed by atoms with Crippen LogP contribution in [0.2, 0.25) is 0 Å². The number of methoxy groups -OCH3 is 2. The van der Waals surface area contributed by atoms with Crippen LogP contribution in [0.5, 0.6) is 11.5 Å². The quantitative estimate of drug-likeness (QED) is 0.744. The highest BCUT2D eigenvalue weighted by atomic mass is 35.5. The maximum atomic E-state index is 6.85. The minimum atomic E-state index is -0.0965. The SMILES string of the molecule is COc1ccc(C(Cl)C2(c3ccccc3)CC2)c(OC)c1. The van der Waals surface area contributed by atoms with E-state index in [1.807, 2.05) is 24.3 Å². The lowest BCUT2D eigenvalue weighted by molar-refractivity contribution is 0.389. The van der Waals surface area contributed by atoms with Crippen molar-refractivity contribution in [2.75, 3.05) is 14.2 Å². The summed E-state index contributed by atoms with van der Waals surface area (Å²) in [6, 6.07) is 16.4. The summed E-state index contributed by atoms with van der Waals surface area (Å²) < 4.78 is 10.8. The van der Waals surface area contributed by atoms with Gasteiger partial charge in [-0.05, 0) is 24.5 Å². The van der Waals surface area contributed by atoms with Crippen LogP contribution in [0.1, 0.15) is 29.3 Å². The lowest BCUT2D eigenvalue weighted by Gasteiger charge is -2.24. The van der Waals surface area contributed by atoms with Crippen molar-refractivity contribution < 1.29 is 9.47 Å². The van der Waals surface area contributed by atoms with Crippen LogP contribution < -0.4 is 9.47 Å². The first-order valence-electron chi connectivity index (χ1n) is 7.13. The summed E-state index contributed by atoms with van der Waals surface area (Å²) >= 11 is 6.85. The molecule has 1 aliphatic carbocycles. The number of hydrogen-bond donors (Lipinski definition) is 0. The Morgan fingerprint density at radius 3 is 2.29 bits per heavy atom. The van der Waals surface area contributed by atoms with Gasteiger partial charge in [0.2, 0.25) is 0 Å². The van der Waals surface area contributed by atoms with E-state index in [4.69, 9.17) is 21.1 Å². The summed E-state index contributed by atoms with van der Waals surface area (Å²) in [7, 11) is 3.32. The zero-order valence-corrected chi connectivity index (χ0v) is 13.1. The van der Waals surface area contributed by atoms with E-state index in [2.05, 4.69) is 24.3 Å². The second-order valence-corrected chi connectivity index (χ2v) is 5.93. The molecule has 0 aromatic heterocycles. The molecule has 1 aliphatic rings. The largest absolute Gasteiger partial charge is 0.497 e. The summed E-state index contributed by atoms with van der Waals surface area (Å²) in [5, 5.41) is -0.0965. The van der Waals surface area contributed by atoms with Gasteiger partial charge in [0.1, 0.15) is 11.5 Å². The Balaban J connectivity index is 1.97. The molecule has 0 saturated heterocycles. The summed E-state index contributed by atoms with van der Waals surface area (Å²) in [5.74, 6) is 1.57. The molecule has 0 radical (unpaired) electrons. The molecule has 1 unspecified atom stereocenters. The van der Waals surface area contributed by atoms with Crippen molar-refractivity contribution in [1.82, 2.24) is 0 Å². The topological polar surface area (TPSA) is 18.5 Å². The van der Waals surface area contributed by atoms with E-state index < -0.39 is 0 Å². The first kappa shape index (κ1) is 14.3. The standard InChI is InChI=1S/C18H19ClO2/c1-20-14-8-9-15(16(12-14)21-2)17(19)18(10-11-18)13-6-4-3-5-7-13/h3-9,12,17H,10-11H2,1-2H3. The third kappa shape index (κ3) is 2.49. The predicted molar refractivity (Wildman–Crippen MR) is 85.5 cm³/mol. The zero-order valence-electron chi connectivity index (χ0n) is 12.3. The van der Waals surface area contributed by atoms with Crippen LogP contribution in [0.15, 0.2) is 48.5 Å². The lowest BCUT2D eigenvalue weighted by atomic mass is 9.88. The maximum absolute atomic E-state index is 6.85. The monoisotopic (exact) mass is 302 g/mol. The normalized spacial score (nSPS) is 17.1. The van der Waals surface area contributed by atoms with E-state index in [9.17, 15) is 0 Å². The Morgan fingerprint density at radius 1 is 1.00 bits per heavy atom. The van der Waals surface area contributed by atoms with Crippen molar-refractivity contribution in [3.63, 3.8) is 0 Å². The van der Waals surface area contributed by atoms with Crippen molar-refractivity contribution in [1.29, 1.82) is 0 Å². The molecule has 0 amide bonds. The number of alkyl halides is 1. The third-order valence-electron chi connectivity index (χ3n) is 4.34. The highest BCUT2D eigenvalue weighted by Crippen LogP contribution is 2.60. The number of ether oxygens (including phenoxy) is 2. The second-order valence-electron chi connectivity index (χ2n) is 5.49. The molecule has 0 bridgehead atoms. The minimum Gasteiger partial charge on any atom is -0.497 e. The molecule has 2 aromatic rings. The van der Waals surface area contributed by atoms with Crippen LogP contribution in [0.3, 0.4) is 0 Å². The van der Waals surface area contributed by atoms with Crippen molar-refractivity contribution in [3.8, 4) is 11.5 Å².